The molecule has 0 aliphatic carbocycles. The number of anilines is 1. The van der Waals surface area contributed by atoms with E-state index >= 15 is 0 Å². The van der Waals surface area contributed by atoms with Gasteiger partial charge in [0.1, 0.15) is 0 Å². The van der Waals surface area contributed by atoms with E-state index in [9.17, 15) is 4.79 Å². The third-order valence-corrected chi connectivity index (χ3v) is 2.43. The third-order valence-electron chi connectivity index (χ3n) is 2.43. The van der Waals surface area contributed by atoms with Crippen molar-refractivity contribution in [2.24, 2.45) is 18.7 Å². The lowest BCUT2D eigenvalue weighted by Gasteiger charge is -2.08. The molecule has 5 heteroatoms. The molecule has 0 radical (unpaired) electrons. The number of aromatic nitrogens is 2. The first kappa shape index (κ1) is 11.7. The molecule has 1 rings (SSSR count). The Balaban J connectivity index is 2.75. The number of hydrogen-bond acceptors (Lipinski definition) is 3. The van der Waals surface area contributed by atoms with Gasteiger partial charge in [0.2, 0.25) is 5.91 Å². The summed E-state index contributed by atoms with van der Waals surface area (Å²) in [5.41, 5.74) is 6.40. The van der Waals surface area contributed by atoms with E-state index in [4.69, 9.17) is 5.73 Å². The van der Waals surface area contributed by atoms with Crippen LogP contribution in [0.5, 0.6) is 0 Å². The molecule has 0 fully saturated rings. The van der Waals surface area contributed by atoms with Crippen LogP contribution in [0.3, 0.4) is 0 Å². The maximum absolute atomic E-state index is 11.6. The molecule has 0 saturated carbocycles. The smallest absolute Gasteiger partial charge is 0.228 e. The third kappa shape index (κ3) is 2.79. The van der Waals surface area contributed by atoms with Crippen LogP contribution in [-0.2, 0) is 18.4 Å². The zero-order valence-corrected chi connectivity index (χ0v) is 9.45. The van der Waals surface area contributed by atoms with Crippen molar-refractivity contribution in [1.29, 1.82) is 0 Å². The highest BCUT2D eigenvalue weighted by Crippen LogP contribution is 2.13. The monoisotopic (exact) mass is 210 g/mol. The van der Waals surface area contributed by atoms with Crippen LogP contribution < -0.4 is 11.1 Å². The van der Waals surface area contributed by atoms with Crippen LogP contribution >= 0.6 is 0 Å². The Morgan fingerprint density at radius 2 is 2.40 bits per heavy atom. The number of aryl methyl sites for hydroxylation is 1. The summed E-state index contributed by atoms with van der Waals surface area (Å²) in [4.78, 5) is 11.6. The van der Waals surface area contributed by atoms with E-state index in [0.717, 1.165) is 12.0 Å². The molecule has 1 aromatic rings. The number of nitrogens with one attached hydrogen (secondary N) is 1. The molecule has 0 spiro atoms. The Hall–Kier alpha value is -1.36. The molecule has 84 valence electrons. The molecule has 1 heterocycles. The van der Waals surface area contributed by atoms with E-state index in [1.54, 1.807) is 11.7 Å². The van der Waals surface area contributed by atoms with Crippen LogP contribution in [-0.4, -0.2) is 15.7 Å². The fourth-order valence-corrected chi connectivity index (χ4v) is 1.22. The molecule has 15 heavy (non-hydrogen) atoms. The second-order valence-corrected chi connectivity index (χ2v) is 3.68. The van der Waals surface area contributed by atoms with Gasteiger partial charge in [0.05, 0.1) is 0 Å². The average Bonchev–Trinajstić information content (AvgIpc) is 2.57. The first-order chi connectivity index (χ1) is 7.08. The molecule has 0 bridgehead atoms. The van der Waals surface area contributed by atoms with Crippen molar-refractivity contribution in [1.82, 2.24) is 9.78 Å². The van der Waals surface area contributed by atoms with Gasteiger partial charge < -0.3 is 11.1 Å². The van der Waals surface area contributed by atoms with E-state index in [1.165, 1.54) is 0 Å². The summed E-state index contributed by atoms with van der Waals surface area (Å²) in [6, 6.07) is 0. The number of nitrogens with zero attached hydrogens (tertiary/aromatic N) is 2. The van der Waals surface area contributed by atoms with Gasteiger partial charge >= 0.3 is 0 Å². The average molecular weight is 210 g/mol. The SMILES string of the molecule is CCC(C)C(=O)Nc1nn(C)cc1CN. The largest absolute Gasteiger partial charge is 0.326 e. The molecule has 1 amide bonds. The Morgan fingerprint density at radius 1 is 1.73 bits per heavy atom. The van der Waals surface area contributed by atoms with Crippen LogP contribution in [0.1, 0.15) is 25.8 Å². The summed E-state index contributed by atoms with van der Waals surface area (Å²) in [5, 5.41) is 6.92. The summed E-state index contributed by atoms with van der Waals surface area (Å²) in [5.74, 6) is 0.564. The Labute approximate surface area is 89.6 Å². The molecule has 0 saturated heterocycles. The molecule has 0 aliphatic rings. The van der Waals surface area contributed by atoms with Gasteiger partial charge in [-0.15, -0.1) is 0 Å². The van der Waals surface area contributed by atoms with E-state index in [2.05, 4.69) is 10.4 Å². The second-order valence-electron chi connectivity index (χ2n) is 3.68. The molecule has 1 atom stereocenters. The van der Waals surface area contributed by atoms with E-state index in [1.807, 2.05) is 20.0 Å². The normalized spacial score (nSPS) is 12.5. The fourth-order valence-electron chi connectivity index (χ4n) is 1.22. The van der Waals surface area contributed by atoms with E-state index < -0.39 is 0 Å². The van der Waals surface area contributed by atoms with Gasteiger partial charge in [-0.1, -0.05) is 13.8 Å². The van der Waals surface area contributed by atoms with Gasteiger partial charge in [0.15, 0.2) is 5.82 Å². The highest BCUT2D eigenvalue weighted by Gasteiger charge is 2.14. The predicted octanol–water partition coefficient (Wildman–Crippen LogP) is 0.863. The summed E-state index contributed by atoms with van der Waals surface area (Å²) in [6.07, 6.45) is 2.63. The minimum Gasteiger partial charge on any atom is -0.326 e. The molecular formula is C10H18N4O. The Kier molecular flexibility index (Phi) is 3.85. The molecule has 1 unspecified atom stereocenters. The lowest BCUT2D eigenvalue weighted by molar-refractivity contribution is -0.119. The maximum atomic E-state index is 11.6. The summed E-state index contributed by atoms with van der Waals surface area (Å²) in [7, 11) is 1.80. The van der Waals surface area contributed by atoms with Gasteiger partial charge in [-0.2, -0.15) is 5.10 Å². The standard InChI is InChI=1S/C10H18N4O/c1-4-7(2)10(15)12-9-8(5-11)6-14(3)13-9/h6-7H,4-5,11H2,1-3H3,(H,12,13,15). The highest BCUT2D eigenvalue weighted by molar-refractivity contribution is 5.91. The van der Waals surface area contributed by atoms with Crippen molar-refractivity contribution >= 4 is 11.7 Å². The minimum absolute atomic E-state index is 0.00219. The van der Waals surface area contributed by atoms with Crippen molar-refractivity contribution < 1.29 is 4.79 Å². The lowest BCUT2D eigenvalue weighted by atomic mass is 10.1. The van der Waals surface area contributed by atoms with Crippen LogP contribution in [0.4, 0.5) is 5.82 Å². The Bertz CT molecular complexity index is 345. The van der Waals surface area contributed by atoms with Gasteiger partial charge in [0, 0.05) is 31.3 Å². The van der Waals surface area contributed by atoms with E-state index in [-0.39, 0.29) is 11.8 Å². The molecule has 3 N–H and O–H groups in total. The summed E-state index contributed by atoms with van der Waals surface area (Å²) >= 11 is 0. The van der Waals surface area contributed by atoms with Crippen molar-refractivity contribution in [2.45, 2.75) is 26.8 Å². The van der Waals surface area contributed by atoms with Crippen LogP contribution in [0, 0.1) is 5.92 Å². The molecular weight excluding hydrogens is 192 g/mol. The molecule has 5 nitrogen and oxygen atoms in total. The number of rotatable bonds is 4. The zero-order chi connectivity index (χ0) is 11.4. The number of hydrogen-bond donors (Lipinski definition) is 2. The molecule has 1 aromatic heterocycles. The van der Waals surface area contributed by atoms with Gasteiger partial charge in [-0.3, -0.25) is 9.48 Å². The second kappa shape index (κ2) is 4.93. The number of carbonyl (C=O) groups is 1. The predicted molar refractivity (Wildman–Crippen MR) is 59.2 cm³/mol. The number of amides is 1. The van der Waals surface area contributed by atoms with Crippen LogP contribution in [0.15, 0.2) is 6.20 Å². The fraction of sp³-hybridized carbons (Fsp3) is 0.600. The topological polar surface area (TPSA) is 72.9 Å². The van der Waals surface area contributed by atoms with Crippen molar-refractivity contribution in [3.63, 3.8) is 0 Å². The summed E-state index contributed by atoms with van der Waals surface area (Å²) in [6.45, 7) is 4.25. The lowest BCUT2D eigenvalue weighted by Crippen LogP contribution is -2.21. The van der Waals surface area contributed by atoms with Crippen molar-refractivity contribution in [2.75, 3.05) is 5.32 Å². The maximum Gasteiger partial charge on any atom is 0.228 e. The van der Waals surface area contributed by atoms with Crippen molar-refractivity contribution in [3.05, 3.63) is 11.8 Å². The number of carbonyl (C=O) groups excluding carboxylic acids is 1. The minimum atomic E-state index is -0.00843. The Morgan fingerprint density at radius 3 is 2.93 bits per heavy atom. The van der Waals surface area contributed by atoms with E-state index in [0.29, 0.717) is 12.4 Å². The first-order valence-electron chi connectivity index (χ1n) is 5.12. The molecule has 0 aliphatic heterocycles. The first-order valence-corrected chi connectivity index (χ1v) is 5.12. The van der Waals surface area contributed by atoms with Gasteiger partial charge in [-0.25, -0.2) is 0 Å². The highest BCUT2D eigenvalue weighted by atomic mass is 16.1. The summed E-state index contributed by atoms with van der Waals surface area (Å²) < 4.78 is 1.65. The molecule has 0 aromatic carbocycles. The van der Waals surface area contributed by atoms with Gasteiger partial charge in [0.25, 0.3) is 0 Å². The number of nitrogens with two attached hydrogens (primary N) is 1. The van der Waals surface area contributed by atoms with Crippen LogP contribution in [0.25, 0.3) is 0 Å². The zero-order valence-electron chi connectivity index (χ0n) is 9.45. The van der Waals surface area contributed by atoms with Crippen LogP contribution in [0.2, 0.25) is 0 Å². The quantitative estimate of drug-likeness (QED) is 0.774. The van der Waals surface area contributed by atoms with Gasteiger partial charge in [-0.05, 0) is 6.42 Å². The van der Waals surface area contributed by atoms with Crippen molar-refractivity contribution in [3.8, 4) is 0 Å².